The van der Waals surface area contributed by atoms with Crippen molar-refractivity contribution in [1.82, 2.24) is 0 Å². The zero-order valence-electron chi connectivity index (χ0n) is 8.67. The van der Waals surface area contributed by atoms with Crippen molar-refractivity contribution < 1.29 is 0 Å². The van der Waals surface area contributed by atoms with E-state index in [0.717, 1.165) is 5.92 Å². The van der Waals surface area contributed by atoms with E-state index in [1.807, 2.05) is 0 Å². The highest BCUT2D eigenvalue weighted by Gasteiger charge is 2.33. The van der Waals surface area contributed by atoms with E-state index in [1.54, 1.807) is 0 Å². The molecule has 1 atom stereocenters. The molecule has 0 nitrogen and oxygen atoms in total. The van der Waals surface area contributed by atoms with E-state index in [2.05, 4.69) is 52.0 Å². The maximum absolute atomic E-state index is 2.39. The van der Waals surface area contributed by atoms with Crippen LogP contribution in [-0.2, 0) is 0 Å². The second-order valence-corrected chi connectivity index (χ2v) is 4.31. The zero-order valence-corrected chi connectivity index (χ0v) is 8.67. The molecule has 0 aromatic carbocycles. The van der Waals surface area contributed by atoms with Crippen LogP contribution < -0.4 is 0 Å². The fourth-order valence-electron chi connectivity index (χ4n) is 1.90. The molecule has 1 rings (SSSR count). The Morgan fingerprint density at radius 3 is 2.08 bits per heavy atom. The van der Waals surface area contributed by atoms with Crippen molar-refractivity contribution in [2.24, 2.45) is 17.3 Å². The lowest BCUT2D eigenvalue weighted by molar-refractivity contribution is 0.167. The monoisotopic (exact) mass is 164 g/mol. The van der Waals surface area contributed by atoms with Gasteiger partial charge in [-0.25, -0.2) is 0 Å². The summed E-state index contributed by atoms with van der Waals surface area (Å²) in [7, 11) is 0. The Hall–Kier alpha value is -0.520. The van der Waals surface area contributed by atoms with E-state index in [4.69, 9.17) is 0 Å². The molecule has 0 radical (unpaired) electrons. The van der Waals surface area contributed by atoms with Gasteiger partial charge in [0.25, 0.3) is 0 Å². The number of allylic oxidation sites excluding steroid dienone is 4. The fraction of sp³-hybridized carbons (Fsp3) is 0.667. The van der Waals surface area contributed by atoms with Gasteiger partial charge in [-0.2, -0.15) is 0 Å². The topological polar surface area (TPSA) is 0 Å². The molecule has 12 heavy (non-hydrogen) atoms. The lowest BCUT2D eigenvalue weighted by Crippen LogP contribution is -2.29. The maximum Gasteiger partial charge on any atom is 0.000897 e. The minimum absolute atomic E-state index is 0.448. The largest absolute Gasteiger partial charge is 0.0771 e. The first-order valence-corrected chi connectivity index (χ1v) is 4.96. The van der Waals surface area contributed by atoms with Crippen LogP contribution in [-0.4, -0.2) is 0 Å². The van der Waals surface area contributed by atoms with Gasteiger partial charge in [-0.3, -0.25) is 0 Å². The van der Waals surface area contributed by atoms with Crippen molar-refractivity contribution >= 4 is 0 Å². The van der Waals surface area contributed by atoms with Gasteiger partial charge < -0.3 is 0 Å². The molecule has 1 aliphatic carbocycles. The second kappa shape index (κ2) is 3.47. The molecule has 0 saturated heterocycles. The standard InChI is InChI=1S/C12H20/c1-5-12(4,10(2)3)11-8-6-7-9-11/h6-11H,5H2,1-4H3. The molecule has 0 heterocycles. The van der Waals surface area contributed by atoms with Gasteiger partial charge in [0.2, 0.25) is 0 Å². The average molecular weight is 164 g/mol. The molecule has 0 fully saturated rings. The average Bonchev–Trinajstić information content (AvgIpc) is 2.54. The van der Waals surface area contributed by atoms with E-state index in [-0.39, 0.29) is 0 Å². The minimum atomic E-state index is 0.448. The third-order valence-electron chi connectivity index (χ3n) is 3.59. The van der Waals surface area contributed by atoms with E-state index < -0.39 is 0 Å². The Kier molecular flexibility index (Phi) is 2.76. The second-order valence-electron chi connectivity index (χ2n) is 4.31. The van der Waals surface area contributed by atoms with Crippen molar-refractivity contribution in [3.8, 4) is 0 Å². The molecule has 0 aromatic heterocycles. The molecule has 1 aliphatic rings. The molecule has 1 unspecified atom stereocenters. The SMILES string of the molecule is CCC(C)(C(C)C)C1C=CC=C1. The third kappa shape index (κ3) is 1.48. The van der Waals surface area contributed by atoms with Gasteiger partial charge in [0, 0.05) is 5.92 Å². The molecule has 0 heteroatoms. The van der Waals surface area contributed by atoms with Crippen LogP contribution in [0.1, 0.15) is 34.1 Å². The number of rotatable bonds is 3. The fourth-order valence-corrected chi connectivity index (χ4v) is 1.90. The van der Waals surface area contributed by atoms with Gasteiger partial charge in [-0.05, 0) is 17.8 Å². The lowest BCUT2D eigenvalue weighted by atomic mass is 9.68. The van der Waals surface area contributed by atoms with Gasteiger partial charge in [0.15, 0.2) is 0 Å². The smallest absolute Gasteiger partial charge is 0.000897 e. The predicted molar refractivity (Wildman–Crippen MR) is 55.0 cm³/mol. The molecule has 0 aromatic rings. The molecule has 68 valence electrons. The molecule has 0 bridgehead atoms. The van der Waals surface area contributed by atoms with Gasteiger partial charge >= 0.3 is 0 Å². The first kappa shape index (κ1) is 9.57. The molecular formula is C12H20. The van der Waals surface area contributed by atoms with E-state index in [9.17, 15) is 0 Å². The van der Waals surface area contributed by atoms with Gasteiger partial charge in [0.05, 0.1) is 0 Å². The summed E-state index contributed by atoms with van der Waals surface area (Å²) in [5, 5.41) is 0. The number of hydrogen-bond acceptors (Lipinski definition) is 0. The first-order chi connectivity index (χ1) is 5.61. The van der Waals surface area contributed by atoms with Crippen LogP contribution in [0.25, 0.3) is 0 Å². The first-order valence-electron chi connectivity index (χ1n) is 4.96. The summed E-state index contributed by atoms with van der Waals surface area (Å²) in [6.07, 6.45) is 10.2. The van der Waals surface area contributed by atoms with Gasteiger partial charge in [0.1, 0.15) is 0 Å². The summed E-state index contributed by atoms with van der Waals surface area (Å²) in [5.41, 5.74) is 0.448. The molecular weight excluding hydrogens is 144 g/mol. The lowest BCUT2D eigenvalue weighted by Gasteiger charge is -2.37. The highest BCUT2D eigenvalue weighted by molar-refractivity contribution is 5.20. The third-order valence-corrected chi connectivity index (χ3v) is 3.59. The predicted octanol–water partition coefficient (Wildman–Crippen LogP) is 3.80. The summed E-state index contributed by atoms with van der Waals surface area (Å²) in [6, 6.07) is 0. The molecule has 0 saturated carbocycles. The van der Waals surface area contributed by atoms with Crippen LogP contribution >= 0.6 is 0 Å². The van der Waals surface area contributed by atoms with Gasteiger partial charge in [-0.15, -0.1) is 0 Å². The van der Waals surface area contributed by atoms with E-state index in [0.29, 0.717) is 11.3 Å². The van der Waals surface area contributed by atoms with E-state index in [1.165, 1.54) is 6.42 Å². The van der Waals surface area contributed by atoms with Crippen molar-refractivity contribution in [3.05, 3.63) is 24.3 Å². The number of hydrogen-bond donors (Lipinski definition) is 0. The van der Waals surface area contributed by atoms with Crippen molar-refractivity contribution in [3.63, 3.8) is 0 Å². The van der Waals surface area contributed by atoms with Crippen LogP contribution in [0, 0.1) is 17.3 Å². The van der Waals surface area contributed by atoms with Crippen LogP contribution in [0.15, 0.2) is 24.3 Å². The Morgan fingerprint density at radius 1 is 1.25 bits per heavy atom. The molecule has 0 N–H and O–H groups in total. The molecule has 0 spiro atoms. The summed E-state index contributed by atoms with van der Waals surface area (Å²) in [6.45, 7) is 9.33. The highest BCUT2D eigenvalue weighted by atomic mass is 14.4. The summed E-state index contributed by atoms with van der Waals surface area (Å²) >= 11 is 0. The van der Waals surface area contributed by atoms with Gasteiger partial charge in [-0.1, -0.05) is 52.0 Å². The molecule has 0 amide bonds. The normalized spacial score (nSPS) is 22.1. The summed E-state index contributed by atoms with van der Waals surface area (Å²) < 4.78 is 0. The minimum Gasteiger partial charge on any atom is -0.0771 e. The quantitative estimate of drug-likeness (QED) is 0.595. The Balaban J connectivity index is 2.79. The Labute approximate surface area is 76.4 Å². The van der Waals surface area contributed by atoms with Crippen LogP contribution in [0.3, 0.4) is 0 Å². The van der Waals surface area contributed by atoms with Crippen molar-refractivity contribution in [2.75, 3.05) is 0 Å². The Morgan fingerprint density at radius 2 is 1.75 bits per heavy atom. The van der Waals surface area contributed by atoms with E-state index >= 15 is 0 Å². The van der Waals surface area contributed by atoms with Crippen LogP contribution in [0.4, 0.5) is 0 Å². The molecule has 0 aliphatic heterocycles. The zero-order chi connectivity index (χ0) is 9.19. The Bertz CT molecular complexity index is 186. The maximum atomic E-state index is 2.39. The van der Waals surface area contributed by atoms with Crippen LogP contribution in [0.5, 0.6) is 0 Å². The summed E-state index contributed by atoms with van der Waals surface area (Å²) in [5.74, 6) is 1.40. The van der Waals surface area contributed by atoms with Crippen molar-refractivity contribution in [2.45, 2.75) is 34.1 Å². The highest BCUT2D eigenvalue weighted by Crippen LogP contribution is 2.41. The summed E-state index contributed by atoms with van der Waals surface area (Å²) in [4.78, 5) is 0. The van der Waals surface area contributed by atoms with Crippen molar-refractivity contribution in [1.29, 1.82) is 0 Å². The van der Waals surface area contributed by atoms with Crippen LogP contribution in [0.2, 0.25) is 0 Å².